The lowest BCUT2D eigenvalue weighted by Gasteiger charge is -2.40. The van der Waals surface area contributed by atoms with Crippen molar-refractivity contribution < 1.29 is 49.2 Å². The van der Waals surface area contributed by atoms with E-state index in [0.717, 1.165) is 5.56 Å². The fourth-order valence-corrected chi connectivity index (χ4v) is 4.64. The van der Waals surface area contributed by atoms with Gasteiger partial charge in [-0.2, -0.15) is 0 Å². The molecule has 0 spiro atoms. The molecule has 1 aromatic rings. The molecule has 3 fully saturated rings. The summed E-state index contributed by atoms with van der Waals surface area (Å²) in [6.45, 7) is 3.30. The maximum Gasteiger partial charge on any atom is 0.192 e. The Morgan fingerprint density at radius 2 is 1.76 bits per heavy atom. The molecule has 7 N–H and O–H groups in total. The van der Waals surface area contributed by atoms with Crippen LogP contribution in [0.4, 0.5) is 0 Å². The van der Waals surface area contributed by atoms with Gasteiger partial charge >= 0.3 is 0 Å². The highest BCUT2D eigenvalue weighted by molar-refractivity contribution is 5.80. The van der Waals surface area contributed by atoms with Gasteiger partial charge in [-0.1, -0.05) is 30.3 Å². The Labute approximate surface area is 215 Å². The quantitative estimate of drug-likeness (QED) is 0.143. The Kier molecular flexibility index (Phi) is 9.01. The molecule has 0 radical (unpaired) electrons. The van der Waals surface area contributed by atoms with E-state index in [4.69, 9.17) is 23.7 Å². The Morgan fingerprint density at radius 3 is 2.41 bits per heavy atom. The molecule has 1 aromatic carbocycles. The van der Waals surface area contributed by atoms with E-state index in [0.29, 0.717) is 0 Å². The normalized spacial score (nSPS) is 38.3. The molecule has 4 rings (SSSR count). The fourth-order valence-electron chi connectivity index (χ4n) is 4.64. The van der Waals surface area contributed by atoms with Gasteiger partial charge in [0.2, 0.25) is 0 Å². The van der Waals surface area contributed by atoms with Gasteiger partial charge in [0.15, 0.2) is 24.3 Å². The number of aliphatic hydroxyl groups is 5. The van der Waals surface area contributed by atoms with Crippen molar-refractivity contribution in [3.8, 4) is 0 Å². The number of aliphatic hydroxyl groups excluding tert-OH is 5. The van der Waals surface area contributed by atoms with Crippen LogP contribution >= 0.6 is 0 Å². The third kappa shape index (κ3) is 6.40. The molecule has 3 heterocycles. The second-order valence-electron chi connectivity index (χ2n) is 9.77. The fraction of sp³-hybridized carbons (Fsp3) is 0.708. The van der Waals surface area contributed by atoms with Crippen molar-refractivity contribution in [3.05, 3.63) is 35.9 Å². The van der Waals surface area contributed by atoms with Crippen molar-refractivity contribution in [1.82, 2.24) is 10.6 Å². The van der Waals surface area contributed by atoms with Crippen LogP contribution in [0.25, 0.3) is 0 Å². The van der Waals surface area contributed by atoms with Crippen molar-refractivity contribution in [2.75, 3.05) is 20.3 Å². The molecule has 3 saturated heterocycles. The lowest BCUT2D eigenvalue weighted by molar-refractivity contribution is -0.288. The molecule has 13 nitrogen and oxygen atoms in total. The lowest BCUT2D eigenvalue weighted by Crippen LogP contribution is -2.61. The predicted molar refractivity (Wildman–Crippen MR) is 128 cm³/mol. The Morgan fingerprint density at radius 1 is 1.03 bits per heavy atom. The van der Waals surface area contributed by atoms with E-state index in [1.165, 1.54) is 7.11 Å². The highest BCUT2D eigenvalue weighted by Crippen LogP contribution is 2.38. The topological polar surface area (TPSA) is 184 Å². The van der Waals surface area contributed by atoms with E-state index in [9.17, 15) is 25.5 Å². The molecular weight excluding hydrogens is 490 g/mol. The monoisotopic (exact) mass is 527 g/mol. The number of rotatable bonds is 8. The highest BCUT2D eigenvalue weighted by atomic mass is 16.8. The number of guanidine groups is 1. The van der Waals surface area contributed by atoms with Crippen LogP contribution < -0.4 is 10.6 Å². The van der Waals surface area contributed by atoms with Crippen molar-refractivity contribution in [1.29, 1.82) is 0 Å². The van der Waals surface area contributed by atoms with Crippen LogP contribution in [0, 0.1) is 0 Å². The molecule has 3 aliphatic rings. The molecule has 10 atom stereocenters. The van der Waals surface area contributed by atoms with Gasteiger partial charge in [-0.05, 0) is 19.4 Å². The SMILES string of the molecule is CO[C@H]1O[C@H](CNC(=NCc2ccccc2)N[C@@H](CO)[C@H]2O[C@@H]3OC(C)(C)O[C@@H]3[C@H]2O)[C@@H](O)[C@H](O)[C@H]1O. The first kappa shape index (κ1) is 28.1. The van der Waals surface area contributed by atoms with E-state index >= 15 is 0 Å². The summed E-state index contributed by atoms with van der Waals surface area (Å²) in [6, 6.07) is 8.67. The summed E-state index contributed by atoms with van der Waals surface area (Å²) in [5, 5.41) is 57.6. The van der Waals surface area contributed by atoms with Gasteiger partial charge in [0, 0.05) is 13.7 Å². The average Bonchev–Trinajstić information content (AvgIpc) is 3.35. The lowest BCUT2D eigenvalue weighted by atomic mass is 9.99. The van der Waals surface area contributed by atoms with E-state index in [1.54, 1.807) is 13.8 Å². The standard InChI is InChI=1S/C24H37N3O10/c1-24(2)36-20-18(32)19(35-22(20)37-24)13(11-28)27-23(25-9-12-7-5-4-6-8-12)26-10-14-15(29)16(30)17(31)21(33-3)34-14/h4-8,13-22,28-32H,9-11H2,1-3H3,(H2,25,26,27)/t13-,14+,15+,16-,17+,18-,19+,20+,21-,22+/m0/s1. The van der Waals surface area contributed by atoms with Crippen LogP contribution in [-0.4, -0.2) is 119 Å². The Hall–Kier alpha value is -1.91. The first-order valence-electron chi connectivity index (χ1n) is 12.2. The maximum absolute atomic E-state index is 10.8. The van der Waals surface area contributed by atoms with E-state index in [1.807, 2.05) is 30.3 Å². The minimum absolute atomic E-state index is 0.0245. The largest absolute Gasteiger partial charge is 0.394 e. The van der Waals surface area contributed by atoms with Crippen molar-refractivity contribution >= 4 is 5.96 Å². The number of nitrogens with zero attached hydrogens (tertiary/aromatic N) is 1. The van der Waals surface area contributed by atoms with Gasteiger partial charge in [-0.25, -0.2) is 4.99 Å². The van der Waals surface area contributed by atoms with Crippen LogP contribution in [0.15, 0.2) is 35.3 Å². The Balaban J connectivity index is 1.46. The van der Waals surface area contributed by atoms with E-state index < -0.39 is 73.7 Å². The number of fused-ring (bicyclic) bond motifs is 1. The summed E-state index contributed by atoms with van der Waals surface area (Å²) in [6.07, 6.45) is -9.79. The molecule has 3 aliphatic heterocycles. The van der Waals surface area contributed by atoms with Crippen LogP contribution in [-0.2, 0) is 30.2 Å². The number of hydrogen-bond donors (Lipinski definition) is 7. The molecule has 0 aromatic heterocycles. The second-order valence-corrected chi connectivity index (χ2v) is 9.77. The molecule has 0 saturated carbocycles. The summed E-state index contributed by atoms with van der Waals surface area (Å²) in [5.41, 5.74) is 0.923. The minimum Gasteiger partial charge on any atom is -0.394 e. The Bertz CT molecular complexity index is 904. The van der Waals surface area contributed by atoms with Gasteiger partial charge in [0.1, 0.15) is 42.7 Å². The summed E-state index contributed by atoms with van der Waals surface area (Å²) in [7, 11) is 1.32. The summed E-state index contributed by atoms with van der Waals surface area (Å²) in [4.78, 5) is 4.56. The summed E-state index contributed by atoms with van der Waals surface area (Å²) in [5.74, 6) is -0.671. The van der Waals surface area contributed by atoms with E-state index in [2.05, 4.69) is 15.6 Å². The predicted octanol–water partition coefficient (Wildman–Crippen LogP) is -2.23. The van der Waals surface area contributed by atoms with Crippen LogP contribution in [0.3, 0.4) is 0 Å². The zero-order valence-corrected chi connectivity index (χ0v) is 21.0. The van der Waals surface area contributed by atoms with E-state index in [-0.39, 0.29) is 19.0 Å². The third-order valence-corrected chi connectivity index (χ3v) is 6.60. The number of nitrogens with one attached hydrogen (secondary N) is 2. The molecule has 0 bridgehead atoms. The van der Waals surface area contributed by atoms with Gasteiger partial charge < -0.3 is 59.9 Å². The first-order chi connectivity index (χ1) is 17.6. The highest BCUT2D eigenvalue weighted by Gasteiger charge is 2.56. The average molecular weight is 528 g/mol. The van der Waals surface area contributed by atoms with Gasteiger partial charge in [-0.3, -0.25) is 0 Å². The number of benzene rings is 1. The van der Waals surface area contributed by atoms with Crippen LogP contribution in [0.5, 0.6) is 0 Å². The smallest absolute Gasteiger partial charge is 0.192 e. The van der Waals surface area contributed by atoms with Gasteiger partial charge in [0.05, 0.1) is 19.2 Å². The molecular formula is C24H37N3O10. The van der Waals surface area contributed by atoms with Gasteiger partial charge in [-0.15, -0.1) is 0 Å². The van der Waals surface area contributed by atoms with Crippen LogP contribution in [0.2, 0.25) is 0 Å². The van der Waals surface area contributed by atoms with Gasteiger partial charge in [0.25, 0.3) is 0 Å². The molecule has 37 heavy (non-hydrogen) atoms. The molecule has 0 unspecified atom stereocenters. The molecule has 0 aliphatic carbocycles. The van der Waals surface area contributed by atoms with Crippen molar-refractivity contribution in [3.63, 3.8) is 0 Å². The van der Waals surface area contributed by atoms with Crippen molar-refractivity contribution in [2.45, 2.75) is 87.5 Å². The van der Waals surface area contributed by atoms with Crippen LogP contribution in [0.1, 0.15) is 19.4 Å². The summed E-state index contributed by atoms with van der Waals surface area (Å²) < 4.78 is 28.0. The molecule has 0 amide bonds. The third-order valence-electron chi connectivity index (χ3n) is 6.60. The maximum atomic E-state index is 10.8. The van der Waals surface area contributed by atoms with Crippen molar-refractivity contribution in [2.24, 2.45) is 4.99 Å². The second kappa shape index (κ2) is 11.9. The number of methoxy groups -OCH3 is 1. The number of hydrogen-bond acceptors (Lipinski definition) is 11. The first-order valence-corrected chi connectivity index (χ1v) is 12.2. The zero-order valence-electron chi connectivity index (χ0n) is 21.0. The molecule has 13 heteroatoms. The molecule has 208 valence electrons. The number of ether oxygens (including phenoxy) is 5. The summed E-state index contributed by atoms with van der Waals surface area (Å²) >= 11 is 0. The minimum atomic E-state index is -1.47. The number of aliphatic imine (C=N–C) groups is 1. The zero-order chi connectivity index (χ0) is 26.7.